The number of H-pyrrole nitrogens is 2. The molecule has 338 valence electrons. The predicted octanol–water partition coefficient (Wildman–Crippen LogP) is 7.11. The van der Waals surface area contributed by atoms with Gasteiger partial charge < -0.3 is 49.3 Å². The summed E-state index contributed by atoms with van der Waals surface area (Å²) < 4.78 is 21.8. The largest absolute Gasteiger partial charge is 0.453 e. The van der Waals surface area contributed by atoms with Crippen LogP contribution < -0.4 is 10.6 Å². The van der Waals surface area contributed by atoms with E-state index >= 15 is 0 Å². The minimum Gasteiger partial charge on any atom is -0.453 e. The van der Waals surface area contributed by atoms with Crippen LogP contribution in [0.5, 0.6) is 0 Å². The summed E-state index contributed by atoms with van der Waals surface area (Å²) in [6.45, 7) is 5.42. The Morgan fingerprint density at radius 3 is 2.11 bits per heavy atom. The van der Waals surface area contributed by atoms with Crippen molar-refractivity contribution in [3.63, 3.8) is 0 Å². The van der Waals surface area contributed by atoms with Gasteiger partial charge in [0, 0.05) is 13.0 Å². The molecular formula is C49H54N8O8. The van der Waals surface area contributed by atoms with Crippen LogP contribution in [0.1, 0.15) is 91.6 Å². The molecule has 5 aromatic rings. The number of carbonyl (C=O) groups excluding carboxylic acids is 4. The number of aromatic nitrogens is 4. The van der Waals surface area contributed by atoms with Crippen LogP contribution in [0.4, 0.5) is 9.59 Å². The topological polar surface area (TPSA) is 193 Å². The van der Waals surface area contributed by atoms with E-state index in [1.807, 2.05) is 50.4 Å². The molecule has 4 N–H and O–H groups in total. The normalized spacial score (nSPS) is 19.7. The van der Waals surface area contributed by atoms with Crippen molar-refractivity contribution in [3.05, 3.63) is 119 Å². The Balaban J connectivity index is 0.879. The van der Waals surface area contributed by atoms with Crippen LogP contribution >= 0.6 is 0 Å². The van der Waals surface area contributed by atoms with Gasteiger partial charge in [0.25, 0.3) is 5.91 Å². The molecule has 4 amide bonds. The number of nitrogens with one attached hydrogen (secondary N) is 4. The number of ether oxygens (including phenoxy) is 4. The minimum atomic E-state index is -0.930. The molecule has 16 nitrogen and oxygen atoms in total. The Bertz CT molecular complexity index is 2580. The van der Waals surface area contributed by atoms with E-state index in [0.717, 1.165) is 59.3 Å². The lowest BCUT2D eigenvalue weighted by atomic mass is 9.87. The van der Waals surface area contributed by atoms with Crippen molar-refractivity contribution in [1.29, 1.82) is 0 Å². The Morgan fingerprint density at radius 2 is 1.42 bits per heavy atom. The number of methoxy groups -OCH3 is 2. The lowest BCUT2D eigenvalue weighted by Crippen LogP contribution is -2.52. The second kappa shape index (κ2) is 18.4. The third-order valence-electron chi connectivity index (χ3n) is 13.0. The number of allylic oxidation sites excluding steroid dienone is 1. The number of aromatic amines is 2. The molecule has 3 aliphatic heterocycles. The number of imidazole rings is 2. The highest BCUT2D eigenvalue weighted by atomic mass is 16.7. The third kappa shape index (κ3) is 8.87. The minimum absolute atomic E-state index is 0.188. The first-order valence-electron chi connectivity index (χ1n) is 22.2. The first-order chi connectivity index (χ1) is 31.5. The number of carbonyl (C=O) groups is 4. The molecule has 0 bridgehead atoms. The maximum atomic E-state index is 14.0. The fraction of sp³-hybridized carbons (Fsp3) is 0.388. The molecule has 4 aliphatic rings. The van der Waals surface area contributed by atoms with Crippen molar-refractivity contribution in [1.82, 2.24) is 40.4 Å². The molecule has 3 saturated heterocycles. The number of aryl methyl sites for hydroxylation is 1. The van der Waals surface area contributed by atoms with Crippen molar-refractivity contribution in [2.75, 3.05) is 40.5 Å². The zero-order valence-corrected chi connectivity index (χ0v) is 37.0. The fourth-order valence-electron chi connectivity index (χ4n) is 9.55. The maximum absolute atomic E-state index is 14.0. The monoisotopic (exact) mass is 882 g/mol. The molecule has 3 fully saturated rings. The molecule has 1 unspecified atom stereocenters. The zero-order valence-electron chi connectivity index (χ0n) is 37.0. The molecule has 9 rings (SSSR count). The van der Waals surface area contributed by atoms with Crippen LogP contribution in [0.3, 0.4) is 0 Å². The number of alkyl carbamates (subject to hydrolysis) is 2. The van der Waals surface area contributed by atoms with Gasteiger partial charge in [0.1, 0.15) is 23.7 Å². The Hall–Kier alpha value is -6.78. The quantitative estimate of drug-likeness (QED) is 0.106. The molecule has 65 heavy (non-hydrogen) atoms. The molecule has 1 aliphatic carbocycles. The summed E-state index contributed by atoms with van der Waals surface area (Å²) >= 11 is 0. The number of fused-ring (bicyclic) bond motifs is 1. The molecular weight excluding hydrogens is 829 g/mol. The first-order valence-corrected chi connectivity index (χ1v) is 22.2. The van der Waals surface area contributed by atoms with Crippen molar-refractivity contribution >= 4 is 35.6 Å². The van der Waals surface area contributed by atoms with E-state index in [-0.39, 0.29) is 30.3 Å². The number of rotatable bonds is 11. The van der Waals surface area contributed by atoms with Gasteiger partial charge in [-0.05, 0) is 76.6 Å². The number of likely N-dealkylation sites (tertiary alicyclic amines) is 2. The van der Waals surface area contributed by atoms with Crippen LogP contribution in [0.25, 0.3) is 34.2 Å². The summed E-state index contributed by atoms with van der Waals surface area (Å²) in [5, 5.41) is 5.43. The van der Waals surface area contributed by atoms with Crippen LogP contribution in [0.15, 0.2) is 85.2 Å². The lowest BCUT2D eigenvalue weighted by molar-refractivity contribution is -0.153. The van der Waals surface area contributed by atoms with Crippen LogP contribution in [0, 0.1) is 5.92 Å². The molecule has 0 saturated carbocycles. The van der Waals surface area contributed by atoms with Crippen molar-refractivity contribution in [3.8, 4) is 22.5 Å². The summed E-state index contributed by atoms with van der Waals surface area (Å²) in [4.78, 5) is 72.4. The van der Waals surface area contributed by atoms with Crippen LogP contribution in [-0.4, -0.2) is 106 Å². The van der Waals surface area contributed by atoms with E-state index in [2.05, 4.69) is 69.1 Å². The van der Waals surface area contributed by atoms with Gasteiger partial charge >= 0.3 is 12.2 Å². The summed E-state index contributed by atoms with van der Waals surface area (Å²) in [5.74, 6) is -0.251. The SMILES string of the molecule is COC(=O)N[C@H](C(=O)N1CC2(C[C@H]1c1ncc(-c3ccc4c(c3)CCC(c3ccc(-c5cnc(C6CCCN6C(=O)[C@H](NC(=O)OC)c6ccccc6)[nH]5)cc3)=C4)[nH]1)OCCO2)C(C)C. The highest BCUT2D eigenvalue weighted by Gasteiger charge is 2.53. The average Bonchev–Trinajstić information content (AvgIpc) is 4.21. The summed E-state index contributed by atoms with van der Waals surface area (Å²) in [6.07, 6.45) is 8.25. The van der Waals surface area contributed by atoms with E-state index in [0.29, 0.717) is 43.4 Å². The fourth-order valence-corrected chi connectivity index (χ4v) is 9.55. The molecule has 0 radical (unpaired) electrons. The number of benzene rings is 3. The van der Waals surface area contributed by atoms with Crippen LogP contribution in [0.2, 0.25) is 0 Å². The number of nitrogens with zero attached hydrogens (tertiary/aromatic N) is 4. The number of hydrogen-bond acceptors (Lipinski definition) is 10. The Morgan fingerprint density at radius 1 is 0.769 bits per heavy atom. The summed E-state index contributed by atoms with van der Waals surface area (Å²) in [7, 11) is 2.56. The van der Waals surface area contributed by atoms with E-state index in [1.54, 1.807) is 16.0 Å². The van der Waals surface area contributed by atoms with Crippen LogP contribution in [-0.2, 0) is 35.0 Å². The van der Waals surface area contributed by atoms with E-state index in [9.17, 15) is 19.2 Å². The zero-order chi connectivity index (χ0) is 45.2. The standard InChI is InChI=1S/C49H54N8O8/c1-29(2)41(54-47(60)62-3)45(58)57-28-49(64-21-22-65-49)25-40(57)44-51-27-38(53-44)36-19-18-34-23-33(16-17-35(34)24-36)30-12-14-31(15-13-30)37-26-50-43(52-37)39-11-8-20-56(39)46(59)42(55-48(61)63-4)32-9-6-5-7-10-32/h5-7,9-10,12-15,18-19,23-24,26-27,29,39-42H,8,11,16-17,20-22,25,28H2,1-4H3,(H,50,52)(H,51,53)(H,54,60)(H,55,61)/t39?,40-,41-,42+/m0/s1. The average molecular weight is 883 g/mol. The number of amides is 4. The molecule has 3 aromatic carbocycles. The van der Waals surface area contributed by atoms with E-state index < -0.39 is 36.1 Å². The second-order valence-electron chi connectivity index (χ2n) is 17.3. The van der Waals surface area contributed by atoms with Gasteiger partial charge in [-0.15, -0.1) is 0 Å². The van der Waals surface area contributed by atoms with Crippen molar-refractivity contribution < 1.29 is 38.1 Å². The van der Waals surface area contributed by atoms with E-state index in [4.69, 9.17) is 28.9 Å². The predicted molar refractivity (Wildman–Crippen MR) is 241 cm³/mol. The highest BCUT2D eigenvalue weighted by Crippen LogP contribution is 2.43. The van der Waals surface area contributed by atoms with Gasteiger partial charge in [0.05, 0.1) is 69.8 Å². The van der Waals surface area contributed by atoms with Gasteiger partial charge in [-0.1, -0.05) is 86.7 Å². The molecule has 2 aromatic heterocycles. The van der Waals surface area contributed by atoms with Crippen molar-refractivity contribution in [2.24, 2.45) is 5.92 Å². The third-order valence-corrected chi connectivity index (χ3v) is 13.0. The number of hydrogen-bond donors (Lipinski definition) is 4. The van der Waals surface area contributed by atoms with E-state index in [1.165, 1.54) is 25.4 Å². The smallest absolute Gasteiger partial charge is 0.407 e. The van der Waals surface area contributed by atoms with Gasteiger partial charge in [-0.3, -0.25) is 9.59 Å². The molecule has 1 spiro atoms. The maximum Gasteiger partial charge on any atom is 0.407 e. The van der Waals surface area contributed by atoms with Gasteiger partial charge in [0.2, 0.25) is 5.91 Å². The molecule has 16 heteroatoms. The van der Waals surface area contributed by atoms with Gasteiger partial charge in [-0.2, -0.15) is 0 Å². The summed E-state index contributed by atoms with van der Waals surface area (Å²) in [5.41, 5.74) is 9.14. The molecule has 4 atom stereocenters. The Labute approximate surface area is 377 Å². The summed E-state index contributed by atoms with van der Waals surface area (Å²) in [6, 6.07) is 21.7. The second-order valence-corrected chi connectivity index (χ2v) is 17.3. The first kappa shape index (κ1) is 43.5. The highest BCUT2D eigenvalue weighted by molar-refractivity contribution is 5.88. The molecule has 5 heterocycles. The van der Waals surface area contributed by atoms with Crippen molar-refractivity contribution in [2.45, 2.75) is 75.9 Å². The van der Waals surface area contributed by atoms with Gasteiger partial charge in [0.15, 0.2) is 5.79 Å². The Kier molecular flexibility index (Phi) is 12.3. The lowest BCUT2D eigenvalue weighted by Gasteiger charge is -2.30. The van der Waals surface area contributed by atoms with Gasteiger partial charge in [-0.25, -0.2) is 19.6 Å².